The molecule has 0 bridgehead atoms. The van der Waals surface area contributed by atoms with Crippen LogP contribution in [0.25, 0.3) is 0 Å². The Morgan fingerprint density at radius 1 is 1.39 bits per heavy atom. The Kier molecular flexibility index (Phi) is 4.40. The Bertz CT molecular complexity index is 456. The van der Waals surface area contributed by atoms with Crippen LogP contribution in [-0.4, -0.2) is 42.3 Å². The number of sulfone groups is 1. The van der Waals surface area contributed by atoms with Crippen molar-refractivity contribution in [2.24, 2.45) is 0 Å². The van der Waals surface area contributed by atoms with Crippen LogP contribution >= 0.6 is 0 Å². The molecule has 102 valence electrons. The van der Waals surface area contributed by atoms with Crippen molar-refractivity contribution in [3.05, 3.63) is 18.5 Å². The van der Waals surface area contributed by atoms with E-state index >= 15 is 0 Å². The van der Waals surface area contributed by atoms with Crippen LogP contribution in [0.4, 0.5) is 0 Å². The van der Waals surface area contributed by atoms with Gasteiger partial charge in [-0.3, -0.25) is 4.68 Å². The number of hydrogen-bond acceptors (Lipinski definition) is 4. The summed E-state index contributed by atoms with van der Waals surface area (Å²) in [5, 5.41) is 7.28. The molecule has 6 heteroatoms. The molecule has 2 unspecified atom stereocenters. The summed E-state index contributed by atoms with van der Waals surface area (Å²) in [5.74, 6) is 0. The van der Waals surface area contributed by atoms with Crippen molar-refractivity contribution in [2.45, 2.75) is 43.5 Å². The van der Waals surface area contributed by atoms with E-state index in [0.717, 1.165) is 38.8 Å². The molecule has 1 saturated carbocycles. The van der Waals surface area contributed by atoms with Gasteiger partial charge >= 0.3 is 0 Å². The van der Waals surface area contributed by atoms with Crippen LogP contribution in [0, 0.1) is 0 Å². The molecule has 1 fully saturated rings. The Hall–Kier alpha value is -0.880. The van der Waals surface area contributed by atoms with Crippen LogP contribution < -0.4 is 5.32 Å². The number of nitrogens with one attached hydrogen (secondary N) is 1. The normalized spacial score (nSPS) is 25.2. The SMILES string of the molecule is CS(=O)(=O)C1CCCCC1NCCn1cccn1. The molecule has 0 saturated heterocycles. The third kappa shape index (κ3) is 3.55. The van der Waals surface area contributed by atoms with Crippen LogP contribution in [-0.2, 0) is 16.4 Å². The molecule has 0 spiro atoms. The van der Waals surface area contributed by atoms with E-state index in [0.29, 0.717) is 0 Å². The third-order valence-electron chi connectivity index (χ3n) is 3.56. The van der Waals surface area contributed by atoms with Gasteiger partial charge in [-0.25, -0.2) is 8.42 Å². The van der Waals surface area contributed by atoms with E-state index in [-0.39, 0.29) is 11.3 Å². The minimum Gasteiger partial charge on any atom is -0.311 e. The van der Waals surface area contributed by atoms with Crippen LogP contribution in [0.5, 0.6) is 0 Å². The van der Waals surface area contributed by atoms with E-state index in [2.05, 4.69) is 10.4 Å². The topological polar surface area (TPSA) is 64.0 Å². The van der Waals surface area contributed by atoms with Gasteiger partial charge in [0.2, 0.25) is 0 Å². The molecule has 18 heavy (non-hydrogen) atoms. The number of aromatic nitrogens is 2. The van der Waals surface area contributed by atoms with Crippen LogP contribution in [0.3, 0.4) is 0 Å². The highest BCUT2D eigenvalue weighted by molar-refractivity contribution is 7.91. The van der Waals surface area contributed by atoms with Gasteiger partial charge in [0, 0.05) is 31.2 Å². The largest absolute Gasteiger partial charge is 0.311 e. The molecule has 1 N–H and O–H groups in total. The second-order valence-electron chi connectivity index (χ2n) is 4.98. The van der Waals surface area contributed by atoms with Crippen molar-refractivity contribution in [2.75, 3.05) is 12.8 Å². The number of nitrogens with zero attached hydrogens (tertiary/aromatic N) is 2. The minimum absolute atomic E-state index is 0.101. The maximum atomic E-state index is 11.7. The Balaban J connectivity index is 1.86. The van der Waals surface area contributed by atoms with Gasteiger partial charge in [-0.1, -0.05) is 12.8 Å². The number of hydrogen-bond donors (Lipinski definition) is 1. The van der Waals surface area contributed by atoms with Gasteiger partial charge in [-0.05, 0) is 18.9 Å². The summed E-state index contributed by atoms with van der Waals surface area (Å²) in [7, 11) is -2.94. The number of rotatable bonds is 5. The molecule has 1 aliphatic carbocycles. The van der Waals surface area contributed by atoms with Crippen LogP contribution in [0.1, 0.15) is 25.7 Å². The maximum Gasteiger partial charge on any atom is 0.151 e. The first kappa shape index (κ1) is 13.5. The highest BCUT2D eigenvalue weighted by Gasteiger charge is 2.32. The van der Waals surface area contributed by atoms with Crippen molar-refractivity contribution < 1.29 is 8.42 Å². The van der Waals surface area contributed by atoms with E-state index in [1.54, 1.807) is 6.20 Å². The summed E-state index contributed by atoms with van der Waals surface area (Å²) in [6.07, 6.45) is 8.90. The second kappa shape index (κ2) is 5.84. The van der Waals surface area contributed by atoms with Crippen molar-refractivity contribution in [3.63, 3.8) is 0 Å². The summed E-state index contributed by atoms with van der Waals surface area (Å²) >= 11 is 0. The lowest BCUT2D eigenvalue weighted by Crippen LogP contribution is -2.46. The zero-order valence-corrected chi connectivity index (χ0v) is 11.6. The fourth-order valence-corrected chi connectivity index (χ4v) is 4.06. The molecule has 1 aliphatic rings. The molecule has 1 aromatic heterocycles. The standard InChI is InChI=1S/C12H21N3O2S/c1-18(16,17)12-6-3-2-5-11(12)13-8-10-15-9-4-7-14-15/h4,7,9,11-13H,2-3,5-6,8,10H2,1H3. The average molecular weight is 271 g/mol. The molecule has 0 aliphatic heterocycles. The lowest BCUT2D eigenvalue weighted by Gasteiger charge is -2.31. The fourth-order valence-electron chi connectivity index (χ4n) is 2.64. The minimum atomic E-state index is -2.94. The van der Waals surface area contributed by atoms with Crippen LogP contribution in [0.2, 0.25) is 0 Å². The van der Waals surface area contributed by atoms with E-state index in [4.69, 9.17) is 0 Å². The first-order valence-electron chi connectivity index (χ1n) is 6.47. The van der Waals surface area contributed by atoms with Gasteiger partial charge < -0.3 is 5.32 Å². The molecule has 1 heterocycles. The first-order chi connectivity index (χ1) is 8.57. The Morgan fingerprint density at radius 3 is 2.83 bits per heavy atom. The van der Waals surface area contributed by atoms with Gasteiger partial charge in [0.05, 0.1) is 11.8 Å². The summed E-state index contributed by atoms with van der Waals surface area (Å²) in [6, 6.07) is 1.99. The van der Waals surface area contributed by atoms with Gasteiger partial charge in [-0.15, -0.1) is 0 Å². The second-order valence-corrected chi connectivity index (χ2v) is 7.25. The van der Waals surface area contributed by atoms with Gasteiger partial charge in [0.1, 0.15) is 0 Å². The van der Waals surface area contributed by atoms with E-state index in [9.17, 15) is 8.42 Å². The third-order valence-corrected chi connectivity index (χ3v) is 5.22. The van der Waals surface area contributed by atoms with Crippen LogP contribution in [0.15, 0.2) is 18.5 Å². The molecule has 1 aromatic rings. The molecule has 5 nitrogen and oxygen atoms in total. The molecule has 2 rings (SSSR count). The summed E-state index contributed by atoms with van der Waals surface area (Å²) in [4.78, 5) is 0. The Morgan fingerprint density at radius 2 is 2.17 bits per heavy atom. The summed E-state index contributed by atoms with van der Waals surface area (Å²) in [6.45, 7) is 1.54. The Labute approximate surface area is 108 Å². The van der Waals surface area contributed by atoms with Crippen molar-refractivity contribution in [3.8, 4) is 0 Å². The van der Waals surface area contributed by atoms with Crippen molar-refractivity contribution in [1.82, 2.24) is 15.1 Å². The fraction of sp³-hybridized carbons (Fsp3) is 0.750. The molecular weight excluding hydrogens is 250 g/mol. The molecule has 0 radical (unpaired) electrons. The monoisotopic (exact) mass is 271 g/mol. The lowest BCUT2D eigenvalue weighted by molar-refractivity contribution is 0.363. The zero-order valence-electron chi connectivity index (χ0n) is 10.7. The highest BCUT2D eigenvalue weighted by Crippen LogP contribution is 2.23. The summed E-state index contributed by atoms with van der Waals surface area (Å²) < 4.78 is 25.3. The predicted molar refractivity (Wildman–Crippen MR) is 71.1 cm³/mol. The quantitative estimate of drug-likeness (QED) is 0.861. The van der Waals surface area contributed by atoms with E-state index < -0.39 is 9.84 Å². The molecule has 2 atom stereocenters. The molecular formula is C12H21N3O2S. The highest BCUT2D eigenvalue weighted by atomic mass is 32.2. The zero-order chi connectivity index (χ0) is 13.0. The summed E-state index contributed by atoms with van der Waals surface area (Å²) in [5.41, 5.74) is 0. The lowest BCUT2D eigenvalue weighted by atomic mass is 9.95. The van der Waals surface area contributed by atoms with Crippen molar-refractivity contribution in [1.29, 1.82) is 0 Å². The van der Waals surface area contributed by atoms with Crippen molar-refractivity contribution >= 4 is 9.84 Å². The van der Waals surface area contributed by atoms with Gasteiger partial charge in [0.15, 0.2) is 9.84 Å². The van der Waals surface area contributed by atoms with E-state index in [1.807, 2.05) is 16.9 Å². The van der Waals surface area contributed by atoms with E-state index in [1.165, 1.54) is 6.26 Å². The molecule has 0 amide bonds. The van der Waals surface area contributed by atoms with Gasteiger partial charge in [-0.2, -0.15) is 5.10 Å². The molecule has 0 aromatic carbocycles. The predicted octanol–water partition coefficient (Wildman–Crippen LogP) is 0.828. The maximum absolute atomic E-state index is 11.7. The first-order valence-corrected chi connectivity index (χ1v) is 8.42. The van der Waals surface area contributed by atoms with Gasteiger partial charge in [0.25, 0.3) is 0 Å². The average Bonchev–Trinajstić information content (AvgIpc) is 2.81. The smallest absolute Gasteiger partial charge is 0.151 e.